The molecule has 0 spiro atoms. The number of hydrogen-bond acceptors (Lipinski definition) is 5. The smallest absolute Gasteiger partial charge is 0.156 e. The first-order chi connectivity index (χ1) is 36.7. The average molecular weight is 954 g/mol. The van der Waals surface area contributed by atoms with Crippen molar-refractivity contribution in [3.8, 4) is 39.1 Å². The normalized spacial score (nSPS) is 14.3. The first-order valence-electron chi connectivity index (χ1n) is 25.2. The molecule has 74 heavy (non-hydrogen) atoms. The molecule has 0 saturated carbocycles. The first-order valence-corrected chi connectivity index (χ1v) is 25.2. The van der Waals surface area contributed by atoms with Crippen molar-refractivity contribution < 1.29 is 4.84 Å². The standard InChI is InChI=1S/C68H51N5O/c1-6-16-53(17-7-1)68-69-67(70-74-68)52-28-26-48(27-29-52)49-30-42-62(43-31-49)73-65-44-36-54(50-32-38-60(39-33-50)71(56-18-8-2-9-19-56)57-20-10-3-11-21-57)46-63(65)64-47-55(37-45-66(64)73)51-34-40-61(41-35-51)72(58-22-12-4-13-23-58)59-24-14-5-15-25-59/h1-47,67-70H. The topological polar surface area (TPSA) is 44.7 Å². The van der Waals surface area contributed by atoms with Gasteiger partial charge in [0.1, 0.15) is 6.17 Å². The van der Waals surface area contributed by atoms with Gasteiger partial charge in [-0.15, -0.1) is 0 Å². The van der Waals surface area contributed by atoms with E-state index in [-0.39, 0.29) is 12.4 Å². The number of para-hydroxylation sites is 4. The van der Waals surface area contributed by atoms with Gasteiger partial charge < -0.3 is 14.4 Å². The van der Waals surface area contributed by atoms with Crippen LogP contribution in [0.5, 0.6) is 0 Å². The van der Waals surface area contributed by atoms with Gasteiger partial charge >= 0.3 is 0 Å². The lowest BCUT2D eigenvalue weighted by Crippen LogP contribution is -2.22. The minimum Gasteiger partial charge on any atom is -0.311 e. The van der Waals surface area contributed by atoms with E-state index in [4.69, 9.17) is 4.84 Å². The second-order valence-electron chi connectivity index (χ2n) is 18.7. The molecule has 1 saturated heterocycles. The number of rotatable bonds is 12. The molecule has 1 aromatic heterocycles. The lowest BCUT2D eigenvalue weighted by Gasteiger charge is -2.25. The minimum atomic E-state index is -0.209. The molecule has 1 aliphatic heterocycles. The Kier molecular flexibility index (Phi) is 11.9. The summed E-state index contributed by atoms with van der Waals surface area (Å²) in [5.41, 5.74) is 22.4. The summed E-state index contributed by atoms with van der Waals surface area (Å²) in [6.07, 6.45) is -0.319. The Balaban J connectivity index is 0.855. The summed E-state index contributed by atoms with van der Waals surface area (Å²) in [5, 5.41) is 5.95. The fourth-order valence-corrected chi connectivity index (χ4v) is 10.5. The molecule has 2 N–H and O–H groups in total. The second kappa shape index (κ2) is 19.7. The van der Waals surface area contributed by atoms with Crippen molar-refractivity contribution in [1.29, 1.82) is 0 Å². The van der Waals surface area contributed by atoms with Gasteiger partial charge in [0.15, 0.2) is 6.23 Å². The summed E-state index contributed by atoms with van der Waals surface area (Å²) in [5.74, 6) is 0. The van der Waals surface area contributed by atoms with Gasteiger partial charge in [-0.05, 0) is 154 Å². The third-order valence-electron chi connectivity index (χ3n) is 14.2. The molecule has 0 bridgehead atoms. The predicted octanol–water partition coefficient (Wildman–Crippen LogP) is 17.5. The molecule has 13 rings (SSSR count). The van der Waals surface area contributed by atoms with E-state index in [9.17, 15) is 0 Å². The van der Waals surface area contributed by atoms with Crippen molar-refractivity contribution in [1.82, 2.24) is 15.4 Å². The number of aromatic nitrogens is 1. The van der Waals surface area contributed by atoms with Crippen molar-refractivity contribution >= 4 is 55.9 Å². The SMILES string of the molecule is c1ccc(C2NC(c3ccc(-c4ccc(-n5c6ccc(-c7ccc(N(c8ccccc8)c8ccccc8)cc7)cc6c6cc(-c7ccc(N(c8ccccc8)c8ccccc8)cc7)ccc65)cc4)cc3)NO2)cc1. The molecule has 354 valence electrons. The number of hydrogen-bond donors (Lipinski definition) is 2. The van der Waals surface area contributed by atoms with Crippen LogP contribution < -0.4 is 20.6 Å². The van der Waals surface area contributed by atoms with Crippen LogP contribution in [0.4, 0.5) is 34.1 Å². The van der Waals surface area contributed by atoms with E-state index < -0.39 is 0 Å². The summed E-state index contributed by atoms with van der Waals surface area (Å²) in [6, 6.07) is 102. The van der Waals surface area contributed by atoms with Gasteiger partial charge in [0.25, 0.3) is 0 Å². The van der Waals surface area contributed by atoms with Crippen LogP contribution in [0, 0.1) is 0 Å². The van der Waals surface area contributed by atoms with Crippen molar-refractivity contribution in [3.05, 3.63) is 296 Å². The van der Waals surface area contributed by atoms with Crippen molar-refractivity contribution in [3.63, 3.8) is 0 Å². The number of hydroxylamine groups is 1. The Hall–Kier alpha value is -9.30. The number of anilines is 6. The number of benzene rings is 11. The minimum absolute atomic E-state index is 0.110. The van der Waals surface area contributed by atoms with Gasteiger partial charge in [-0.2, -0.15) is 5.48 Å². The molecule has 11 aromatic carbocycles. The van der Waals surface area contributed by atoms with Gasteiger partial charge in [0.05, 0.1) is 11.0 Å². The van der Waals surface area contributed by atoms with Gasteiger partial charge in [-0.3, -0.25) is 10.2 Å². The molecule has 0 amide bonds. The van der Waals surface area contributed by atoms with Crippen LogP contribution >= 0.6 is 0 Å². The Morgan fingerprint density at radius 2 is 0.649 bits per heavy atom. The van der Waals surface area contributed by atoms with Gasteiger partial charge in [0.2, 0.25) is 0 Å². The zero-order valence-corrected chi connectivity index (χ0v) is 40.5. The van der Waals surface area contributed by atoms with Crippen molar-refractivity contribution in [2.24, 2.45) is 0 Å². The molecule has 2 atom stereocenters. The molecular weight excluding hydrogens is 903 g/mol. The van der Waals surface area contributed by atoms with Crippen molar-refractivity contribution in [2.45, 2.75) is 12.4 Å². The molecule has 2 unspecified atom stereocenters. The Morgan fingerprint density at radius 1 is 0.311 bits per heavy atom. The van der Waals surface area contributed by atoms with Crippen LogP contribution in [-0.4, -0.2) is 4.57 Å². The van der Waals surface area contributed by atoms with Crippen molar-refractivity contribution in [2.75, 3.05) is 9.80 Å². The lowest BCUT2D eigenvalue weighted by atomic mass is 9.99. The van der Waals surface area contributed by atoms with E-state index in [0.29, 0.717) is 0 Å². The zero-order chi connectivity index (χ0) is 49.2. The van der Waals surface area contributed by atoms with Crippen LogP contribution in [-0.2, 0) is 4.84 Å². The fraction of sp³-hybridized carbons (Fsp3) is 0.0294. The molecule has 6 nitrogen and oxygen atoms in total. The monoisotopic (exact) mass is 953 g/mol. The third kappa shape index (κ3) is 8.69. The first kappa shape index (κ1) is 44.6. The molecule has 0 aliphatic carbocycles. The van der Waals surface area contributed by atoms with E-state index in [0.717, 1.165) is 95.4 Å². The highest BCUT2D eigenvalue weighted by molar-refractivity contribution is 6.11. The highest BCUT2D eigenvalue weighted by Crippen LogP contribution is 2.41. The van der Waals surface area contributed by atoms with Crippen LogP contribution in [0.15, 0.2) is 285 Å². The van der Waals surface area contributed by atoms with Gasteiger partial charge in [-0.25, -0.2) is 0 Å². The Morgan fingerprint density at radius 3 is 1.07 bits per heavy atom. The highest BCUT2D eigenvalue weighted by atomic mass is 16.7. The molecule has 0 radical (unpaired) electrons. The quantitative estimate of drug-likeness (QED) is 0.128. The highest BCUT2D eigenvalue weighted by Gasteiger charge is 2.27. The fourth-order valence-electron chi connectivity index (χ4n) is 10.5. The predicted molar refractivity (Wildman–Crippen MR) is 306 cm³/mol. The van der Waals surface area contributed by atoms with Gasteiger partial charge in [-0.1, -0.05) is 176 Å². The van der Waals surface area contributed by atoms with Crippen LogP contribution in [0.2, 0.25) is 0 Å². The number of fused-ring (bicyclic) bond motifs is 3. The Labute approximate surface area is 431 Å². The van der Waals surface area contributed by atoms with E-state index >= 15 is 0 Å². The largest absolute Gasteiger partial charge is 0.311 e. The third-order valence-corrected chi connectivity index (χ3v) is 14.2. The molecule has 1 fully saturated rings. The van der Waals surface area contributed by atoms with Crippen LogP contribution in [0.1, 0.15) is 23.5 Å². The summed E-state index contributed by atoms with van der Waals surface area (Å²) in [6.45, 7) is 0. The molecule has 1 aliphatic rings. The van der Waals surface area contributed by atoms with Crippen LogP contribution in [0.25, 0.3) is 60.9 Å². The molecule has 12 aromatic rings. The van der Waals surface area contributed by atoms with E-state index in [1.165, 1.54) is 10.8 Å². The number of nitrogens with zero attached hydrogens (tertiary/aromatic N) is 3. The van der Waals surface area contributed by atoms with Crippen LogP contribution in [0.3, 0.4) is 0 Å². The van der Waals surface area contributed by atoms with E-state index in [1.54, 1.807) is 0 Å². The van der Waals surface area contributed by atoms with Gasteiger partial charge in [0, 0.05) is 50.6 Å². The molecular formula is C68H51N5O. The second-order valence-corrected chi connectivity index (χ2v) is 18.7. The lowest BCUT2D eigenvalue weighted by molar-refractivity contribution is 0.0214. The summed E-state index contributed by atoms with van der Waals surface area (Å²) in [7, 11) is 0. The maximum absolute atomic E-state index is 5.90. The summed E-state index contributed by atoms with van der Waals surface area (Å²) in [4.78, 5) is 10.5. The summed E-state index contributed by atoms with van der Waals surface area (Å²) >= 11 is 0. The van der Waals surface area contributed by atoms with E-state index in [2.05, 4.69) is 292 Å². The van der Waals surface area contributed by atoms with E-state index in [1.807, 2.05) is 18.2 Å². The summed E-state index contributed by atoms with van der Waals surface area (Å²) < 4.78 is 2.41. The maximum Gasteiger partial charge on any atom is 0.156 e. The average Bonchev–Trinajstić information content (AvgIpc) is 4.11. The maximum atomic E-state index is 5.90. The molecule has 6 heteroatoms. The zero-order valence-electron chi connectivity index (χ0n) is 40.5. The molecule has 2 heterocycles. The Bertz CT molecular complexity index is 3570. The number of nitrogens with one attached hydrogen (secondary N) is 2.